The summed E-state index contributed by atoms with van der Waals surface area (Å²) >= 11 is 0. The highest BCUT2D eigenvalue weighted by molar-refractivity contribution is 5.18. The monoisotopic (exact) mass is 234 g/mol. The maximum atomic E-state index is 5.53. The zero-order valence-electron chi connectivity index (χ0n) is 10.9. The molecule has 1 fully saturated rings. The lowest BCUT2D eigenvalue weighted by molar-refractivity contribution is 0.219. The predicted molar refractivity (Wildman–Crippen MR) is 69.1 cm³/mol. The van der Waals surface area contributed by atoms with Crippen molar-refractivity contribution in [1.29, 1.82) is 0 Å². The van der Waals surface area contributed by atoms with Gasteiger partial charge in [-0.1, -0.05) is 12.5 Å². The van der Waals surface area contributed by atoms with Crippen LogP contribution < -0.4 is 4.74 Å². The van der Waals surface area contributed by atoms with Crippen LogP contribution in [-0.4, -0.2) is 29.1 Å². The molecule has 1 aromatic heterocycles. The molecule has 0 amide bonds. The Hall–Kier alpha value is -1.09. The van der Waals surface area contributed by atoms with E-state index in [9.17, 15) is 0 Å². The normalized spacial score (nSPS) is 17.4. The van der Waals surface area contributed by atoms with Crippen molar-refractivity contribution in [3.8, 4) is 5.88 Å². The van der Waals surface area contributed by atoms with E-state index in [4.69, 9.17) is 4.74 Å². The van der Waals surface area contributed by atoms with Gasteiger partial charge in [0.2, 0.25) is 5.88 Å². The SMILES string of the molecule is CC(C)Oc1ccc(CN2CCCCC2)cn1. The molecule has 0 bridgehead atoms. The summed E-state index contributed by atoms with van der Waals surface area (Å²) < 4.78 is 5.53. The molecule has 0 N–H and O–H groups in total. The van der Waals surface area contributed by atoms with Crippen LogP contribution >= 0.6 is 0 Å². The summed E-state index contributed by atoms with van der Waals surface area (Å²) in [4.78, 5) is 6.84. The maximum Gasteiger partial charge on any atom is 0.213 e. The van der Waals surface area contributed by atoms with E-state index in [1.54, 1.807) is 0 Å². The molecular formula is C14H22N2O. The minimum Gasteiger partial charge on any atom is -0.475 e. The lowest BCUT2D eigenvalue weighted by Gasteiger charge is -2.26. The second-order valence-corrected chi connectivity index (χ2v) is 5.01. The number of pyridine rings is 1. The van der Waals surface area contributed by atoms with Crippen molar-refractivity contribution in [2.75, 3.05) is 13.1 Å². The highest BCUT2D eigenvalue weighted by Gasteiger charge is 2.10. The van der Waals surface area contributed by atoms with E-state index < -0.39 is 0 Å². The van der Waals surface area contributed by atoms with E-state index in [1.165, 1.54) is 37.9 Å². The first-order valence-electron chi connectivity index (χ1n) is 6.58. The lowest BCUT2D eigenvalue weighted by Crippen LogP contribution is -2.29. The van der Waals surface area contributed by atoms with Crippen LogP contribution in [0.1, 0.15) is 38.7 Å². The second-order valence-electron chi connectivity index (χ2n) is 5.01. The van der Waals surface area contributed by atoms with Crippen molar-refractivity contribution in [3.05, 3.63) is 23.9 Å². The summed E-state index contributed by atoms with van der Waals surface area (Å²) in [5, 5.41) is 0. The van der Waals surface area contributed by atoms with Gasteiger partial charge in [-0.3, -0.25) is 4.90 Å². The Morgan fingerprint density at radius 1 is 1.24 bits per heavy atom. The summed E-state index contributed by atoms with van der Waals surface area (Å²) in [7, 11) is 0. The molecule has 0 atom stereocenters. The number of piperidine rings is 1. The predicted octanol–water partition coefficient (Wildman–Crippen LogP) is 2.85. The van der Waals surface area contributed by atoms with Gasteiger partial charge in [-0.15, -0.1) is 0 Å². The Bertz CT molecular complexity index is 329. The third-order valence-electron chi connectivity index (χ3n) is 3.01. The van der Waals surface area contributed by atoms with E-state index >= 15 is 0 Å². The van der Waals surface area contributed by atoms with Crippen molar-refractivity contribution in [3.63, 3.8) is 0 Å². The van der Waals surface area contributed by atoms with E-state index in [2.05, 4.69) is 16.0 Å². The first-order valence-corrected chi connectivity index (χ1v) is 6.58. The van der Waals surface area contributed by atoms with Crippen LogP contribution in [0.15, 0.2) is 18.3 Å². The van der Waals surface area contributed by atoms with Crippen LogP contribution in [0.2, 0.25) is 0 Å². The molecule has 2 rings (SSSR count). The smallest absolute Gasteiger partial charge is 0.213 e. The molecule has 2 heterocycles. The second kappa shape index (κ2) is 6.01. The molecule has 1 saturated heterocycles. The average Bonchev–Trinajstić information content (AvgIpc) is 2.32. The molecule has 1 aromatic rings. The van der Waals surface area contributed by atoms with Gasteiger partial charge in [0, 0.05) is 18.8 Å². The van der Waals surface area contributed by atoms with Crippen LogP contribution in [0, 0.1) is 0 Å². The van der Waals surface area contributed by atoms with Gasteiger partial charge >= 0.3 is 0 Å². The molecule has 0 saturated carbocycles. The van der Waals surface area contributed by atoms with Gasteiger partial charge in [0.1, 0.15) is 0 Å². The molecule has 3 nitrogen and oxygen atoms in total. The minimum atomic E-state index is 0.190. The van der Waals surface area contributed by atoms with Crippen molar-refractivity contribution < 1.29 is 4.74 Å². The first-order chi connectivity index (χ1) is 8.24. The molecule has 17 heavy (non-hydrogen) atoms. The molecular weight excluding hydrogens is 212 g/mol. The summed E-state index contributed by atoms with van der Waals surface area (Å²) in [6.07, 6.45) is 6.18. The van der Waals surface area contributed by atoms with Crippen molar-refractivity contribution in [2.45, 2.75) is 45.8 Å². The largest absolute Gasteiger partial charge is 0.475 e. The Morgan fingerprint density at radius 2 is 2.00 bits per heavy atom. The van der Waals surface area contributed by atoms with E-state index in [1.807, 2.05) is 26.1 Å². The Kier molecular flexibility index (Phi) is 4.37. The van der Waals surface area contributed by atoms with Crippen LogP contribution in [0.3, 0.4) is 0 Å². The summed E-state index contributed by atoms with van der Waals surface area (Å²) in [5.74, 6) is 0.724. The van der Waals surface area contributed by atoms with Crippen LogP contribution in [0.5, 0.6) is 5.88 Å². The van der Waals surface area contributed by atoms with Gasteiger partial charge in [0.05, 0.1) is 6.10 Å². The van der Waals surface area contributed by atoms with Crippen molar-refractivity contribution in [2.24, 2.45) is 0 Å². The lowest BCUT2D eigenvalue weighted by atomic mass is 10.1. The quantitative estimate of drug-likeness (QED) is 0.801. The maximum absolute atomic E-state index is 5.53. The van der Waals surface area contributed by atoms with Crippen LogP contribution in [-0.2, 0) is 6.54 Å². The molecule has 0 aliphatic carbocycles. The number of hydrogen-bond acceptors (Lipinski definition) is 3. The average molecular weight is 234 g/mol. The number of rotatable bonds is 4. The number of ether oxygens (including phenoxy) is 1. The summed E-state index contributed by atoms with van der Waals surface area (Å²) in [6.45, 7) is 7.51. The molecule has 1 aliphatic heterocycles. The summed E-state index contributed by atoms with van der Waals surface area (Å²) in [5.41, 5.74) is 1.28. The van der Waals surface area contributed by atoms with Crippen molar-refractivity contribution >= 4 is 0 Å². The summed E-state index contributed by atoms with van der Waals surface area (Å²) in [6, 6.07) is 4.10. The van der Waals surface area contributed by atoms with Gasteiger partial charge in [0.15, 0.2) is 0 Å². The Morgan fingerprint density at radius 3 is 2.59 bits per heavy atom. The van der Waals surface area contributed by atoms with Gasteiger partial charge in [-0.25, -0.2) is 4.98 Å². The highest BCUT2D eigenvalue weighted by atomic mass is 16.5. The standard InChI is InChI=1S/C14H22N2O/c1-12(2)17-14-7-6-13(10-15-14)11-16-8-4-3-5-9-16/h6-7,10,12H,3-5,8-9,11H2,1-2H3. The molecule has 0 radical (unpaired) electrons. The van der Waals surface area contributed by atoms with Crippen LogP contribution in [0.25, 0.3) is 0 Å². The van der Waals surface area contributed by atoms with E-state index in [-0.39, 0.29) is 6.10 Å². The molecule has 0 spiro atoms. The molecule has 0 aromatic carbocycles. The van der Waals surface area contributed by atoms with Gasteiger partial charge in [0.25, 0.3) is 0 Å². The van der Waals surface area contributed by atoms with Crippen molar-refractivity contribution in [1.82, 2.24) is 9.88 Å². The van der Waals surface area contributed by atoms with Gasteiger partial charge in [-0.05, 0) is 45.3 Å². The van der Waals surface area contributed by atoms with Gasteiger partial charge < -0.3 is 4.74 Å². The molecule has 3 heteroatoms. The first kappa shape index (κ1) is 12.4. The third-order valence-corrected chi connectivity index (χ3v) is 3.01. The molecule has 0 unspecified atom stereocenters. The zero-order chi connectivity index (χ0) is 12.1. The highest BCUT2D eigenvalue weighted by Crippen LogP contribution is 2.14. The van der Waals surface area contributed by atoms with Gasteiger partial charge in [-0.2, -0.15) is 0 Å². The Labute approximate surface area is 104 Å². The van der Waals surface area contributed by atoms with Crippen LogP contribution in [0.4, 0.5) is 0 Å². The number of aromatic nitrogens is 1. The zero-order valence-corrected chi connectivity index (χ0v) is 10.9. The fourth-order valence-corrected chi connectivity index (χ4v) is 2.19. The molecule has 94 valence electrons. The fraction of sp³-hybridized carbons (Fsp3) is 0.643. The number of likely N-dealkylation sites (tertiary alicyclic amines) is 1. The van der Waals surface area contributed by atoms with E-state index in [0.717, 1.165) is 12.4 Å². The van der Waals surface area contributed by atoms with E-state index in [0.29, 0.717) is 0 Å². The number of hydrogen-bond donors (Lipinski definition) is 0. The fourth-order valence-electron chi connectivity index (χ4n) is 2.19. The topological polar surface area (TPSA) is 25.4 Å². The molecule has 1 aliphatic rings. The Balaban J connectivity index is 1.88. The minimum absolute atomic E-state index is 0.190. The number of nitrogens with zero attached hydrogens (tertiary/aromatic N) is 2. The third kappa shape index (κ3) is 4.00.